The number of fused-ring (bicyclic) bond motifs is 1. The lowest BCUT2D eigenvalue weighted by atomic mass is 9.91. The Kier molecular flexibility index (Phi) is 5.97. The van der Waals surface area contributed by atoms with Crippen molar-refractivity contribution in [2.45, 2.75) is 40.0 Å². The third-order valence-corrected chi connectivity index (χ3v) is 6.52. The second kappa shape index (κ2) is 8.50. The molecule has 4 rings (SSSR count). The number of rotatable bonds is 3. The molecule has 3 aromatic rings. The van der Waals surface area contributed by atoms with Crippen LogP contribution in [0.1, 0.15) is 56.0 Å². The molecule has 0 unspecified atom stereocenters. The monoisotopic (exact) mass is 464 g/mol. The van der Waals surface area contributed by atoms with Crippen LogP contribution in [0.5, 0.6) is 0 Å². The molecule has 1 saturated heterocycles. The van der Waals surface area contributed by atoms with Crippen LogP contribution in [0.3, 0.4) is 0 Å². The lowest BCUT2D eigenvalue weighted by Gasteiger charge is -2.35. The van der Waals surface area contributed by atoms with E-state index in [-0.39, 0.29) is 5.91 Å². The van der Waals surface area contributed by atoms with Gasteiger partial charge in [-0.25, -0.2) is 4.98 Å². The second-order valence-corrected chi connectivity index (χ2v) is 10.1. The normalized spacial score (nSPS) is 19.5. The van der Waals surface area contributed by atoms with Crippen molar-refractivity contribution >= 4 is 32.7 Å². The molecule has 30 heavy (non-hydrogen) atoms. The highest BCUT2D eigenvalue weighted by atomic mass is 79.9. The number of piperidine rings is 1. The summed E-state index contributed by atoms with van der Waals surface area (Å²) in [6.45, 7) is 10.5. The van der Waals surface area contributed by atoms with Crippen LogP contribution < -0.4 is 0 Å². The van der Waals surface area contributed by atoms with E-state index in [1.165, 1.54) is 12.0 Å². The molecule has 0 saturated carbocycles. The highest BCUT2D eigenvalue weighted by Crippen LogP contribution is 2.30. The van der Waals surface area contributed by atoms with Gasteiger partial charge in [0, 0.05) is 28.5 Å². The maximum Gasteiger partial charge on any atom is 0.254 e. The Morgan fingerprint density at radius 2 is 1.70 bits per heavy atom. The fourth-order valence-corrected chi connectivity index (χ4v) is 4.92. The first-order valence-electron chi connectivity index (χ1n) is 10.8. The molecule has 1 aliphatic heterocycles. The molecule has 1 aliphatic rings. The van der Waals surface area contributed by atoms with Crippen LogP contribution in [0.4, 0.5) is 0 Å². The van der Waals surface area contributed by atoms with Gasteiger partial charge in [0.1, 0.15) is 0 Å². The number of hydrogen-bond acceptors (Lipinski definition) is 2. The molecule has 0 N–H and O–H groups in total. The van der Waals surface area contributed by atoms with Gasteiger partial charge in [0.25, 0.3) is 5.91 Å². The molecule has 3 nitrogen and oxygen atoms in total. The number of hydrogen-bond donors (Lipinski definition) is 0. The van der Waals surface area contributed by atoms with Crippen molar-refractivity contribution in [1.29, 1.82) is 0 Å². The molecule has 2 atom stereocenters. The minimum absolute atomic E-state index is 0.110. The van der Waals surface area contributed by atoms with E-state index in [2.05, 4.69) is 67.9 Å². The van der Waals surface area contributed by atoms with Crippen molar-refractivity contribution in [3.05, 3.63) is 64.1 Å². The van der Waals surface area contributed by atoms with E-state index >= 15 is 0 Å². The first-order valence-corrected chi connectivity index (χ1v) is 11.6. The number of nitrogens with zero attached hydrogens (tertiary/aromatic N) is 2. The van der Waals surface area contributed by atoms with Crippen LogP contribution in [0.25, 0.3) is 22.2 Å². The third-order valence-electron chi connectivity index (χ3n) is 6.03. The van der Waals surface area contributed by atoms with Crippen LogP contribution in [0.2, 0.25) is 0 Å². The number of carbonyl (C=O) groups is 1. The maximum atomic E-state index is 13.6. The molecule has 156 valence electrons. The van der Waals surface area contributed by atoms with Crippen LogP contribution in [-0.4, -0.2) is 28.9 Å². The van der Waals surface area contributed by atoms with Crippen molar-refractivity contribution in [1.82, 2.24) is 9.88 Å². The summed E-state index contributed by atoms with van der Waals surface area (Å²) in [7, 11) is 0. The van der Waals surface area contributed by atoms with Crippen molar-refractivity contribution < 1.29 is 4.79 Å². The molecule has 0 aliphatic carbocycles. The van der Waals surface area contributed by atoms with Gasteiger partial charge in [0.2, 0.25) is 0 Å². The first kappa shape index (κ1) is 21.0. The Balaban J connectivity index is 1.81. The fraction of sp³-hybridized carbons (Fsp3) is 0.385. The lowest BCUT2D eigenvalue weighted by molar-refractivity contribution is 0.0625. The summed E-state index contributed by atoms with van der Waals surface area (Å²) in [5, 5.41) is 0.905. The zero-order valence-electron chi connectivity index (χ0n) is 18.2. The molecule has 1 aromatic heterocycles. The molecule has 1 fully saturated rings. The molecule has 2 heterocycles. The van der Waals surface area contributed by atoms with Gasteiger partial charge in [-0.15, -0.1) is 0 Å². The van der Waals surface area contributed by atoms with Crippen molar-refractivity contribution in [3.8, 4) is 11.3 Å². The standard InChI is InChI=1S/C26H29BrN2O/c1-16(2)19-5-7-20(8-6-19)25-13-23(22-12-21(27)9-10-24(22)28-25)26(30)29-14-17(3)11-18(4)15-29/h5-10,12-13,16-18H,11,14-15H2,1-4H3/t17-,18-/m1/s1. The Morgan fingerprint density at radius 1 is 1.03 bits per heavy atom. The molecule has 1 amide bonds. The van der Waals surface area contributed by atoms with Gasteiger partial charge in [-0.3, -0.25) is 4.79 Å². The van der Waals surface area contributed by atoms with Crippen molar-refractivity contribution in [2.24, 2.45) is 11.8 Å². The summed E-state index contributed by atoms with van der Waals surface area (Å²) < 4.78 is 0.959. The van der Waals surface area contributed by atoms with Crippen molar-refractivity contribution in [3.63, 3.8) is 0 Å². The van der Waals surface area contributed by atoms with Gasteiger partial charge in [0.15, 0.2) is 0 Å². The number of aromatic nitrogens is 1. The van der Waals surface area contributed by atoms with Crippen molar-refractivity contribution in [2.75, 3.05) is 13.1 Å². The van der Waals surface area contributed by atoms with E-state index in [0.717, 1.165) is 45.3 Å². The van der Waals surface area contributed by atoms with E-state index in [4.69, 9.17) is 4.98 Å². The summed E-state index contributed by atoms with van der Waals surface area (Å²) in [5.74, 6) is 1.65. The third kappa shape index (κ3) is 4.29. The molecular weight excluding hydrogens is 436 g/mol. The number of amides is 1. The number of carbonyl (C=O) groups excluding carboxylic acids is 1. The van der Waals surface area contributed by atoms with Crippen LogP contribution in [-0.2, 0) is 0 Å². The Labute approximate surface area is 187 Å². The van der Waals surface area contributed by atoms with Crippen LogP contribution in [0.15, 0.2) is 53.0 Å². The quantitative estimate of drug-likeness (QED) is 0.421. The predicted molar refractivity (Wildman–Crippen MR) is 128 cm³/mol. The smallest absolute Gasteiger partial charge is 0.254 e. The average Bonchev–Trinajstić information content (AvgIpc) is 2.72. The number of halogens is 1. The van der Waals surface area contributed by atoms with E-state index in [0.29, 0.717) is 17.8 Å². The minimum Gasteiger partial charge on any atom is -0.338 e. The molecule has 0 spiro atoms. The minimum atomic E-state index is 0.110. The number of likely N-dealkylation sites (tertiary alicyclic amines) is 1. The molecule has 0 bridgehead atoms. The number of pyridine rings is 1. The van der Waals surface area contributed by atoms with E-state index < -0.39 is 0 Å². The van der Waals surface area contributed by atoms with E-state index in [1.54, 1.807) is 0 Å². The molecule has 2 aromatic carbocycles. The van der Waals surface area contributed by atoms with Crippen LogP contribution >= 0.6 is 15.9 Å². The first-order chi connectivity index (χ1) is 14.3. The molecule has 4 heteroatoms. The second-order valence-electron chi connectivity index (χ2n) is 9.15. The van der Waals surface area contributed by atoms with E-state index in [1.807, 2.05) is 29.2 Å². The van der Waals surface area contributed by atoms with Gasteiger partial charge in [0.05, 0.1) is 16.8 Å². The zero-order chi connectivity index (χ0) is 21.4. The molecule has 0 radical (unpaired) electrons. The van der Waals surface area contributed by atoms with Crippen LogP contribution in [0, 0.1) is 11.8 Å². The zero-order valence-corrected chi connectivity index (χ0v) is 19.7. The molecular formula is C26H29BrN2O. The highest BCUT2D eigenvalue weighted by Gasteiger charge is 2.27. The number of benzene rings is 2. The Morgan fingerprint density at radius 3 is 2.33 bits per heavy atom. The van der Waals surface area contributed by atoms with Gasteiger partial charge in [-0.1, -0.05) is 67.9 Å². The largest absolute Gasteiger partial charge is 0.338 e. The Bertz CT molecular complexity index is 1060. The maximum absolute atomic E-state index is 13.6. The topological polar surface area (TPSA) is 33.2 Å². The predicted octanol–water partition coefficient (Wildman–Crippen LogP) is 6.91. The lowest BCUT2D eigenvalue weighted by Crippen LogP contribution is -2.42. The SMILES string of the molecule is CC(C)c1ccc(-c2cc(C(=O)N3C[C@H](C)C[C@@H](C)C3)c3cc(Br)ccc3n2)cc1. The van der Waals surface area contributed by atoms with Gasteiger partial charge in [-0.2, -0.15) is 0 Å². The Hall–Kier alpha value is -2.20. The fourth-order valence-electron chi connectivity index (χ4n) is 4.56. The summed E-state index contributed by atoms with van der Waals surface area (Å²) >= 11 is 3.56. The average molecular weight is 465 g/mol. The summed E-state index contributed by atoms with van der Waals surface area (Å²) in [5.41, 5.74) is 4.78. The summed E-state index contributed by atoms with van der Waals surface area (Å²) in [4.78, 5) is 20.5. The van der Waals surface area contributed by atoms with Gasteiger partial charge in [-0.05, 0) is 54.0 Å². The summed E-state index contributed by atoms with van der Waals surface area (Å²) in [6, 6.07) is 16.5. The van der Waals surface area contributed by atoms with E-state index in [9.17, 15) is 4.79 Å². The van der Waals surface area contributed by atoms with Gasteiger partial charge < -0.3 is 4.90 Å². The summed E-state index contributed by atoms with van der Waals surface area (Å²) in [6.07, 6.45) is 1.18. The van der Waals surface area contributed by atoms with Gasteiger partial charge >= 0.3 is 0 Å². The highest BCUT2D eigenvalue weighted by molar-refractivity contribution is 9.10.